The number of aromatic nitrogens is 4. The third kappa shape index (κ3) is 4.31. The molecule has 9 aromatic carbocycles. The molecule has 0 aliphatic heterocycles. The van der Waals surface area contributed by atoms with Crippen LogP contribution in [0.25, 0.3) is 110 Å². The quantitative estimate of drug-likeness (QED) is 0.185. The van der Waals surface area contributed by atoms with Gasteiger partial charge >= 0.3 is 0 Å². The number of hydrogen-bond donors (Lipinski definition) is 0. The van der Waals surface area contributed by atoms with Crippen molar-refractivity contribution in [2.24, 2.45) is 0 Å². The molecule has 3 aromatic heterocycles. The van der Waals surface area contributed by atoms with Crippen molar-refractivity contribution in [3.63, 3.8) is 0 Å². The molecule has 0 spiro atoms. The van der Waals surface area contributed by atoms with Crippen LogP contribution >= 0.6 is 0 Å². The average molecular weight is 687 g/mol. The van der Waals surface area contributed by atoms with Crippen LogP contribution < -0.4 is 0 Å². The molecule has 0 aliphatic carbocycles. The van der Waals surface area contributed by atoms with Crippen molar-refractivity contribution in [2.75, 3.05) is 0 Å². The average Bonchev–Trinajstić information content (AvgIpc) is 3.70. The lowest BCUT2D eigenvalue weighted by Gasteiger charge is -2.14. The molecular formula is C50H30N4. The van der Waals surface area contributed by atoms with Crippen molar-refractivity contribution in [2.45, 2.75) is 0 Å². The molecule has 0 bridgehead atoms. The van der Waals surface area contributed by atoms with Crippen LogP contribution in [0.4, 0.5) is 0 Å². The van der Waals surface area contributed by atoms with Gasteiger partial charge in [-0.05, 0) is 91.6 Å². The van der Waals surface area contributed by atoms with Gasteiger partial charge in [0.1, 0.15) is 11.6 Å². The minimum absolute atomic E-state index is 0.677. The Morgan fingerprint density at radius 2 is 0.556 bits per heavy atom. The van der Waals surface area contributed by atoms with Gasteiger partial charge in [0, 0.05) is 33.2 Å². The van der Waals surface area contributed by atoms with Crippen molar-refractivity contribution in [1.82, 2.24) is 19.1 Å². The van der Waals surface area contributed by atoms with E-state index in [1.165, 1.54) is 64.6 Å². The Kier molecular flexibility index (Phi) is 6.02. The van der Waals surface area contributed by atoms with E-state index in [2.05, 4.69) is 185 Å². The Morgan fingerprint density at radius 1 is 0.278 bits per heavy atom. The smallest absolute Gasteiger partial charge is 0.163 e. The van der Waals surface area contributed by atoms with E-state index in [9.17, 15) is 0 Å². The topological polar surface area (TPSA) is 35.6 Å². The van der Waals surface area contributed by atoms with Gasteiger partial charge in [0.05, 0.1) is 22.1 Å². The molecule has 12 rings (SSSR count). The molecule has 0 saturated heterocycles. The first-order valence-electron chi connectivity index (χ1n) is 18.4. The summed E-state index contributed by atoms with van der Waals surface area (Å²) in [6.45, 7) is 0. The Balaban J connectivity index is 1.24. The van der Waals surface area contributed by atoms with Gasteiger partial charge in [0.25, 0.3) is 0 Å². The van der Waals surface area contributed by atoms with E-state index in [0.29, 0.717) is 5.82 Å². The molecule has 0 radical (unpaired) electrons. The minimum atomic E-state index is 0.677. The molecular weight excluding hydrogens is 657 g/mol. The summed E-state index contributed by atoms with van der Waals surface area (Å²) in [6.07, 6.45) is 0. The van der Waals surface area contributed by atoms with Gasteiger partial charge in [-0.15, -0.1) is 0 Å². The molecule has 12 aromatic rings. The second-order valence-corrected chi connectivity index (χ2v) is 14.3. The van der Waals surface area contributed by atoms with Gasteiger partial charge in [0.2, 0.25) is 0 Å². The number of benzene rings is 9. The summed E-state index contributed by atoms with van der Waals surface area (Å²) in [5.74, 6) is 2.32. The molecule has 54 heavy (non-hydrogen) atoms. The summed E-state index contributed by atoms with van der Waals surface area (Å²) >= 11 is 0. The molecule has 0 amide bonds. The first kappa shape index (κ1) is 29.3. The molecule has 0 aliphatic rings. The van der Waals surface area contributed by atoms with Gasteiger partial charge in [-0.2, -0.15) is 0 Å². The van der Waals surface area contributed by atoms with Crippen LogP contribution in [0.15, 0.2) is 182 Å². The lowest BCUT2D eigenvalue weighted by atomic mass is 10.0. The molecule has 0 fully saturated rings. The Morgan fingerprint density at radius 3 is 0.870 bits per heavy atom. The van der Waals surface area contributed by atoms with Crippen LogP contribution in [-0.2, 0) is 0 Å². The van der Waals surface area contributed by atoms with Crippen LogP contribution in [-0.4, -0.2) is 19.1 Å². The lowest BCUT2D eigenvalue weighted by Crippen LogP contribution is -2.06. The van der Waals surface area contributed by atoms with Crippen LogP contribution in [0.5, 0.6) is 0 Å². The molecule has 4 heteroatoms. The minimum Gasteiger partial charge on any atom is -0.294 e. The highest BCUT2D eigenvalue weighted by atomic mass is 15.1. The summed E-state index contributed by atoms with van der Waals surface area (Å²) in [7, 11) is 0. The summed E-state index contributed by atoms with van der Waals surface area (Å²) < 4.78 is 4.69. The van der Waals surface area contributed by atoms with E-state index >= 15 is 0 Å². The van der Waals surface area contributed by atoms with E-state index in [-0.39, 0.29) is 0 Å². The third-order valence-electron chi connectivity index (χ3n) is 11.2. The maximum Gasteiger partial charge on any atom is 0.163 e. The molecule has 0 atom stereocenters. The zero-order valence-electron chi connectivity index (χ0n) is 29.1. The van der Waals surface area contributed by atoms with Crippen LogP contribution in [0.2, 0.25) is 0 Å². The van der Waals surface area contributed by atoms with E-state index in [1.54, 1.807) is 0 Å². The van der Waals surface area contributed by atoms with Crippen molar-refractivity contribution in [3.05, 3.63) is 182 Å². The highest BCUT2D eigenvalue weighted by molar-refractivity contribution is 6.18. The van der Waals surface area contributed by atoms with Gasteiger partial charge in [-0.3, -0.25) is 9.13 Å². The first-order chi connectivity index (χ1) is 26.7. The summed E-state index contributed by atoms with van der Waals surface area (Å²) in [5, 5.41) is 14.4. The predicted octanol–water partition coefficient (Wildman–Crippen LogP) is 13.0. The molecule has 0 unspecified atom stereocenters. The van der Waals surface area contributed by atoms with Crippen molar-refractivity contribution < 1.29 is 0 Å². The summed E-state index contributed by atoms with van der Waals surface area (Å²) in [5.41, 5.74) is 5.42. The number of nitrogens with zero attached hydrogens (tertiary/aromatic N) is 4. The second kappa shape index (κ2) is 11.1. The standard InChI is InChI=1S/C50H30N4/c1-2-12-31(13-3-1)50-51-48(53-44-26-36-18-8-4-14-32(36)22-40(44)41-23-33-15-5-9-19-37(33)27-45(41)53)30-49(52-50)54-46-28-38-20-10-6-16-34(38)24-42(46)43-25-35-17-7-11-21-39(35)29-47(43)54/h1-30H. The number of rotatable bonds is 3. The van der Waals surface area contributed by atoms with Gasteiger partial charge in [-0.25, -0.2) is 9.97 Å². The Bertz CT molecular complexity index is 3100. The van der Waals surface area contributed by atoms with Crippen LogP contribution in [0.1, 0.15) is 0 Å². The molecule has 3 heterocycles. The number of fused-ring (bicyclic) bond motifs is 10. The Labute approximate surface area is 309 Å². The Hall–Kier alpha value is -7.30. The summed E-state index contributed by atoms with van der Waals surface area (Å²) in [6, 6.07) is 65.6. The maximum atomic E-state index is 5.41. The fourth-order valence-corrected chi connectivity index (χ4v) is 8.64. The summed E-state index contributed by atoms with van der Waals surface area (Å²) in [4.78, 5) is 10.8. The van der Waals surface area contributed by atoms with Gasteiger partial charge in [-0.1, -0.05) is 127 Å². The van der Waals surface area contributed by atoms with Crippen LogP contribution in [0.3, 0.4) is 0 Å². The largest absolute Gasteiger partial charge is 0.294 e. The molecule has 4 nitrogen and oxygen atoms in total. The van der Waals surface area contributed by atoms with E-state index in [1.807, 2.05) is 6.07 Å². The van der Waals surface area contributed by atoms with Crippen molar-refractivity contribution in [1.29, 1.82) is 0 Å². The van der Waals surface area contributed by atoms with E-state index in [0.717, 1.165) is 39.3 Å². The van der Waals surface area contributed by atoms with Crippen molar-refractivity contribution in [3.8, 4) is 23.0 Å². The van der Waals surface area contributed by atoms with E-state index in [4.69, 9.17) is 9.97 Å². The second-order valence-electron chi connectivity index (χ2n) is 14.3. The third-order valence-corrected chi connectivity index (χ3v) is 11.2. The molecule has 0 saturated carbocycles. The zero-order chi connectivity index (χ0) is 35.3. The van der Waals surface area contributed by atoms with Gasteiger partial charge in [0.15, 0.2) is 5.82 Å². The first-order valence-corrected chi connectivity index (χ1v) is 18.4. The zero-order valence-corrected chi connectivity index (χ0v) is 29.1. The predicted molar refractivity (Wildman–Crippen MR) is 226 cm³/mol. The SMILES string of the molecule is c1ccc(-c2nc(-n3c4cc5ccccc5cc4c4cc5ccccc5cc43)cc(-n3c4cc5ccccc5cc4c4cc5ccccc5cc43)n2)cc1. The normalized spacial score (nSPS) is 12.1. The van der Waals surface area contributed by atoms with Gasteiger partial charge < -0.3 is 0 Å². The van der Waals surface area contributed by atoms with Crippen LogP contribution in [0, 0.1) is 0 Å². The monoisotopic (exact) mass is 686 g/mol. The fourth-order valence-electron chi connectivity index (χ4n) is 8.64. The molecule has 0 N–H and O–H groups in total. The number of hydrogen-bond acceptors (Lipinski definition) is 2. The lowest BCUT2D eigenvalue weighted by molar-refractivity contribution is 0.995. The molecule has 250 valence electrons. The van der Waals surface area contributed by atoms with E-state index < -0.39 is 0 Å². The highest BCUT2D eigenvalue weighted by Gasteiger charge is 2.21. The maximum absolute atomic E-state index is 5.41. The highest BCUT2D eigenvalue weighted by Crippen LogP contribution is 2.40. The van der Waals surface area contributed by atoms with Crippen molar-refractivity contribution >= 4 is 86.7 Å². The fraction of sp³-hybridized carbons (Fsp3) is 0.